The van der Waals surface area contributed by atoms with E-state index in [-0.39, 0.29) is 40.6 Å². The number of hydrogen-bond donors (Lipinski definition) is 1. The van der Waals surface area contributed by atoms with Crippen LogP contribution in [-0.2, 0) is 27.4 Å². The standard InChI is InChI=1S/C32H34F2N4O6/c1-17-21-11-8-12-42-28(21)23(33)14-22(17)27-26(29(31(40)44-34)43-32(3,4)5)18(2)36-25-15-24(37-38(25)27)30(39)35-16-19-9-7-10-20(13-19)41-6/h7,9-10,13-15,29H,8,11-12,16H2,1-6H3,(H,35,39)/t29-/m0/s1. The van der Waals surface area contributed by atoms with E-state index >= 15 is 4.39 Å². The normalized spacial score (nSPS) is 13.6. The third-order valence-electron chi connectivity index (χ3n) is 7.36. The van der Waals surface area contributed by atoms with Crippen LogP contribution >= 0.6 is 0 Å². The Kier molecular flexibility index (Phi) is 8.55. The maximum absolute atomic E-state index is 15.5. The second kappa shape index (κ2) is 12.2. The van der Waals surface area contributed by atoms with Crippen LogP contribution in [0.5, 0.6) is 11.5 Å². The highest BCUT2D eigenvalue weighted by Gasteiger charge is 2.36. The Morgan fingerprint density at radius 2 is 1.95 bits per heavy atom. The van der Waals surface area contributed by atoms with Crippen LogP contribution in [0, 0.1) is 19.7 Å². The second-order valence-corrected chi connectivity index (χ2v) is 11.6. The predicted molar refractivity (Wildman–Crippen MR) is 157 cm³/mol. The van der Waals surface area contributed by atoms with Crippen LogP contribution in [0.15, 0.2) is 36.4 Å². The number of nitrogens with one attached hydrogen (secondary N) is 1. The number of amides is 1. The summed E-state index contributed by atoms with van der Waals surface area (Å²) in [6.07, 6.45) is -0.325. The first kappa shape index (κ1) is 30.9. The van der Waals surface area contributed by atoms with E-state index in [9.17, 15) is 14.1 Å². The third kappa shape index (κ3) is 6.07. The van der Waals surface area contributed by atoms with E-state index in [1.807, 2.05) is 19.1 Å². The van der Waals surface area contributed by atoms with Gasteiger partial charge in [-0.25, -0.2) is 18.7 Å². The first-order valence-electron chi connectivity index (χ1n) is 14.2. The molecule has 0 aliphatic carbocycles. The largest absolute Gasteiger partial charge is 0.497 e. The van der Waals surface area contributed by atoms with E-state index in [0.29, 0.717) is 41.9 Å². The Morgan fingerprint density at radius 3 is 2.66 bits per heavy atom. The van der Waals surface area contributed by atoms with Crippen LogP contribution in [0.3, 0.4) is 0 Å². The summed E-state index contributed by atoms with van der Waals surface area (Å²) in [6, 6.07) is 10.0. The SMILES string of the molecule is COc1cccc(CNC(=O)c2cc3nc(C)c([C@H](OC(C)(C)C)C(=O)OF)c(-c4cc(F)c5c(c4C)CCCO5)n3n2)c1. The van der Waals surface area contributed by atoms with E-state index in [2.05, 4.69) is 20.3 Å². The van der Waals surface area contributed by atoms with Crippen LogP contribution in [-0.4, -0.2) is 45.8 Å². The number of aryl methyl sites for hydroxylation is 1. The zero-order chi connectivity index (χ0) is 31.8. The van der Waals surface area contributed by atoms with Gasteiger partial charge in [0.05, 0.1) is 25.0 Å². The number of benzene rings is 2. The number of rotatable bonds is 8. The Labute approximate surface area is 253 Å². The molecule has 0 saturated heterocycles. The minimum atomic E-state index is -1.59. The molecule has 2 aromatic carbocycles. The van der Waals surface area contributed by atoms with Crippen molar-refractivity contribution >= 4 is 17.5 Å². The van der Waals surface area contributed by atoms with Crippen molar-refractivity contribution < 1.29 is 37.7 Å². The van der Waals surface area contributed by atoms with E-state index in [1.165, 1.54) is 16.6 Å². The van der Waals surface area contributed by atoms with Crippen molar-refractivity contribution in [2.75, 3.05) is 13.7 Å². The molecule has 12 heteroatoms. The van der Waals surface area contributed by atoms with E-state index in [4.69, 9.17) is 14.2 Å². The Morgan fingerprint density at radius 1 is 1.18 bits per heavy atom. The van der Waals surface area contributed by atoms with Gasteiger partial charge in [-0.2, -0.15) is 5.10 Å². The molecular formula is C32H34F2N4O6. The molecule has 1 aliphatic rings. The molecule has 44 heavy (non-hydrogen) atoms. The van der Waals surface area contributed by atoms with Crippen molar-refractivity contribution in [3.8, 4) is 22.8 Å². The van der Waals surface area contributed by atoms with Crippen LogP contribution in [0.25, 0.3) is 16.9 Å². The Hall–Kier alpha value is -4.58. The molecule has 232 valence electrons. The summed E-state index contributed by atoms with van der Waals surface area (Å²) in [5, 5.41) is 7.38. The van der Waals surface area contributed by atoms with Gasteiger partial charge in [0.2, 0.25) is 0 Å². The fourth-order valence-electron chi connectivity index (χ4n) is 5.39. The fourth-order valence-corrected chi connectivity index (χ4v) is 5.39. The van der Waals surface area contributed by atoms with Gasteiger partial charge in [-0.3, -0.25) is 9.74 Å². The lowest BCUT2D eigenvalue weighted by Gasteiger charge is -2.28. The van der Waals surface area contributed by atoms with Gasteiger partial charge in [0, 0.05) is 39.5 Å². The maximum Gasteiger partial charge on any atom is 0.381 e. The van der Waals surface area contributed by atoms with Crippen molar-refractivity contribution in [2.45, 2.75) is 65.7 Å². The molecule has 1 aliphatic heterocycles. The zero-order valence-corrected chi connectivity index (χ0v) is 25.4. The number of carbonyl (C=O) groups excluding carboxylic acids is 2. The monoisotopic (exact) mass is 608 g/mol. The lowest BCUT2D eigenvalue weighted by atomic mass is 9.91. The van der Waals surface area contributed by atoms with Gasteiger partial charge in [-0.05, 0) is 76.8 Å². The minimum Gasteiger partial charge on any atom is -0.497 e. The number of halogens is 2. The molecule has 0 unspecified atom stereocenters. The topological polar surface area (TPSA) is 113 Å². The second-order valence-electron chi connectivity index (χ2n) is 11.6. The molecular weight excluding hydrogens is 574 g/mol. The van der Waals surface area contributed by atoms with Gasteiger partial charge < -0.3 is 19.5 Å². The van der Waals surface area contributed by atoms with Crippen LogP contribution in [0.4, 0.5) is 8.92 Å². The smallest absolute Gasteiger partial charge is 0.381 e. The summed E-state index contributed by atoms with van der Waals surface area (Å²) in [6.45, 7) is 9.13. The van der Waals surface area contributed by atoms with Crippen molar-refractivity contribution in [3.05, 3.63) is 75.9 Å². The molecule has 0 saturated carbocycles. The average molecular weight is 609 g/mol. The molecule has 5 rings (SSSR count). The first-order chi connectivity index (χ1) is 20.9. The van der Waals surface area contributed by atoms with Gasteiger partial charge in [-0.1, -0.05) is 12.1 Å². The molecule has 1 N–H and O–H groups in total. The predicted octanol–water partition coefficient (Wildman–Crippen LogP) is 5.70. The van der Waals surface area contributed by atoms with Crippen molar-refractivity contribution in [1.82, 2.24) is 19.9 Å². The highest BCUT2D eigenvalue weighted by Crippen LogP contribution is 2.42. The summed E-state index contributed by atoms with van der Waals surface area (Å²) < 4.78 is 47.3. The summed E-state index contributed by atoms with van der Waals surface area (Å²) in [4.78, 5) is 34.4. The van der Waals surface area contributed by atoms with Crippen molar-refractivity contribution in [1.29, 1.82) is 0 Å². The van der Waals surface area contributed by atoms with Crippen LogP contribution < -0.4 is 14.8 Å². The summed E-state index contributed by atoms with van der Waals surface area (Å²) in [7, 11) is 1.56. The molecule has 1 amide bonds. The number of carbonyl (C=O) groups is 2. The summed E-state index contributed by atoms with van der Waals surface area (Å²) >= 11 is 0. The van der Waals surface area contributed by atoms with Gasteiger partial charge in [0.1, 0.15) is 5.75 Å². The van der Waals surface area contributed by atoms with Gasteiger partial charge >= 0.3 is 5.97 Å². The molecule has 2 aromatic heterocycles. The quantitative estimate of drug-likeness (QED) is 0.271. The fraction of sp³-hybridized carbons (Fsp3) is 0.375. The molecule has 3 heterocycles. The molecule has 0 spiro atoms. The number of ether oxygens (including phenoxy) is 3. The number of nitrogens with zero attached hydrogens (tertiary/aromatic N) is 3. The van der Waals surface area contributed by atoms with Crippen molar-refractivity contribution in [3.63, 3.8) is 0 Å². The van der Waals surface area contributed by atoms with Crippen LogP contribution in [0.2, 0.25) is 0 Å². The molecule has 10 nitrogen and oxygen atoms in total. The zero-order valence-electron chi connectivity index (χ0n) is 25.4. The van der Waals surface area contributed by atoms with Gasteiger partial charge in [-0.15, -0.1) is 0 Å². The van der Waals surface area contributed by atoms with Crippen LogP contribution in [0.1, 0.15) is 71.7 Å². The first-order valence-corrected chi connectivity index (χ1v) is 14.2. The summed E-state index contributed by atoms with van der Waals surface area (Å²) in [5.41, 5.74) is 2.50. The van der Waals surface area contributed by atoms with Crippen molar-refractivity contribution in [2.24, 2.45) is 0 Å². The van der Waals surface area contributed by atoms with E-state index in [1.54, 1.807) is 46.9 Å². The molecule has 0 fully saturated rings. The number of hydrogen-bond acceptors (Lipinski definition) is 8. The molecule has 4 aromatic rings. The lowest BCUT2D eigenvalue weighted by Crippen LogP contribution is -2.29. The van der Waals surface area contributed by atoms with Gasteiger partial charge in [0.25, 0.3) is 5.91 Å². The molecule has 1 atom stereocenters. The van der Waals surface area contributed by atoms with E-state index < -0.39 is 29.4 Å². The molecule has 0 radical (unpaired) electrons. The Bertz CT molecular complexity index is 1750. The number of fused-ring (bicyclic) bond motifs is 2. The summed E-state index contributed by atoms with van der Waals surface area (Å²) in [5.74, 6) is -1.58. The highest BCUT2D eigenvalue weighted by molar-refractivity contribution is 5.93. The molecule has 0 bridgehead atoms. The number of aromatic nitrogens is 3. The third-order valence-corrected chi connectivity index (χ3v) is 7.36. The lowest BCUT2D eigenvalue weighted by molar-refractivity contribution is -0.205. The Balaban J connectivity index is 1.69. The number of methoxy groups -OCH3 is 1. The maximum atomic E-state index is 15.5. The van der Waals surface area contributed by atoms with Gasteiger partial charge in [0.15, 0.2) is 29.0 Å². The van der Waals surface area contributed by atoms with E-state index in [0.717, 1.165) is 5.56 Å². The average Bonchev–Trinajstić information content (AvgIpc) is 3.43. The minimum absolute atomic E-state index is 0.0268. The highest BCUT2D eigenvalue weighted by atomic mass is 19.3.